The molecule has 0 spiro atoms. The number of hydrogen-bond donors (Lipinski definition) is 0. The van der Waals surface area contributed by atoms with Gasteiger partial charge in [-0.25, -0.2) is 4.98 Å². The number of carbonyl (C=O) groups excluding carboxylic acids is 1. The average molecular weight is 428 g/mol. The van der Waals surface area contributed by atoms with E-state index in [0.717, 1.165) is 47.1 Å². The Labute approximate surface area is 166 Å². The Hall–Kier alpha value is -2.41. The Morgan fingerprint density at radius 1 is 1.19 bits per heavy atom. The van der Waals surface area contributed by atoms with Gasteiger partial charge in [0.05, 0.1) is 5.52 Å². The van der Waals surface area contributed by atoms with Crippen molar-refractivity contribution in [1.82, 2.24) is 19.7 Å². The van der Waals surface area contributed by atoms with Gasteiger partial charge in [-0.15, -0.1) is 0 Å². The molecule has 0 atom stereocenters. The van der Waals surface area contributed by atoms with Crippen LogP contribution in [0.2, 0.25) is 0 Å². The topological polar surface area (TPSA) is 54.3 Å². The third-order valence-corrected chi connectivity index (χ3v) is 5.72. The van der Waals surface area contributed by atoms with Crippen molar-refractivity contribution in [2.24, 2.45) is 7.05 Å². The summed E-state index contributed by atoms with van der Waals surface area (Å²) >= 11 is 3.51. The molecule has 0 N–H and O–H groups in total. The van der Waals surface area contributed by atoms with Crippen LogP contribution in [-0.2, 0) is 7.05 Å². The number of halogens is 1. The van der Waals surface area contributed by atoms with Crippen LogP contribution in [0, 0.1) is 0 Å². The summed E-state index contributed by atoms with van der Waals surface area (Å²) in [5, 5.41) is 5.36. The van der Waals surface area contributed by atoms with Crippen molar-refractivity contribution in [3.63, 3.8) is 0 Å². The third kappa shape index (κ3) is 3.69. The Balaban J connectivity index is 1.43. The van der Waals surface area contributed by atoms with Gasteiger partial charge in [0.1, 0.15) is 11.5 Å². The maximum absolute atomic E-state index is 12.6. The second-order valence-electron chi connectivity index (χ2n) is 7.02. The Kier molecular flexibility index (Phi) is 4.86. The first kappa shape index (κ1) is 18.0. The van der Waals surface area contributed by atoms with E-state index in [2.05, 4.69) is 44.1 Å². The Morgan fingerprint density at radius 3 is 2.63 bits per heavy atom. The molecular weight excluding hydrogens is 406 g/mol. The fourth-order valence-corrected chi connectivity index (χ4v) is 3.96. The monoisotopic (exact) mass is 427 g/mol. The van der Waals surface area contributed by atoms with Gasteiger partial charge >= 0.3 is 0 Å². The molecule has 4 rings (SSSR count). The minimum absolute atomic E-state index is 0.0114. The number of amides is 1. The van der Waals surface area contributed by atoms with E-state index in [1.165, 1.54) is 0 Å². The summed E-state index contributed by atoms with van der Waals surface area (Å²) in [4.78, 5) is 21.6. The highest BCUT2D eigenvalue weighted by Crippen LogP contribution is 2.25. The van der Waals surface area contributed by atoms with Crippen molar-refractivity contribution in [3.8, 4) is 0 Å². The SMILES string of the molecule is CN(C(=O)c1ccn(C)n1)C1CCN(c2ccc3ccc(Br)cc3n2)CC1. The largest absolute Gasteiger partial charge is 0.356 e. The van der Waals surface area contributed by atoms with E-state index in [4.69, 9.17) is 4.98 Å². The molecule has 1 aliphatic heterocycles. The van der Waals surface area contributed by atoms with Crippen LogP contribution in [-0.4, -0.2) is 51.8 Å². The summed E-state index contributed by atoms with van der Waals surface area (Å²) in [6.07, 6.45) is 3.65. The van der Waals surface area contributed by atoms with Crippen molar-refractivity contribution in [2.75, 3.05) is 25.0 Å². The predicted molar refractivity (Wildman–Crippen MR) is 110 cm³/mol. The minimum atomic E-state index is -0.0114. The number of piperidine rings is 1. The van der Waals surface area contributed by atoms with Gasteiger partial charge in [0, 0.05) is 49.3 Å². The summed E-state index contributed by atoms with van der Waals surface area (Å²) in [7, 11) is 3.70. The second kappa shape index (κ2) is 7.31. The maximum Gasteiger partial charge on any atom is 0.274 e. The molecule has 27 heavy (non-hydrogen) atoms. The zero-order valence-corrected chi connectivity index (χ0v) is 17.1. The normalized spacial score (nSPS) is 15.3. The van der Waals surface area contributed by atoms with Gasteiger partial charge in [0.25, 0.3) is 5.91 Å². The fourth-order valence-electron chi connectivity index (χ4n) is 3.61. The molecule has 0 unspecified atom stereocenters. The first-order chi connectivity index (χ1) is 13.0. The smallest absolute Gasteiger partial charge is 0.274 e. The van der Waals surface area contributed by atoms with Crippen molar-refractivity contribution in [2.45, 2.75) is 18.9 Å². The predicted octanol–water partition coefficient (Wildman–Crippen LogP) is 3.47. The van der Waals surface area contributed by atoms with Crippen molar-refractivity contribution < 1.29 is 4.79 Å². The molecule has 1 aliphatic rings. The number of hydrogen-bond acceptors (Lipinski definition) is 4. The summed E-state index contributed by atoms with van der Waals surface area (Å²) in [6.45, 7) is 1.77. The third-order valence-electron chi connectivity index (χ3n) is 5.23. The zero-order chi connectivity index (χ0) is 19.0. The Bertz CT molecular complexity index is 977. The van der Waals surface area contributed by atoms with Gasteiger partial charge < -0.3 is 9.80 Å². The molecule has 0 saturated carbocycles. The maximum atomic E-state index is 12.6. The fraction of sp³-hybridized carbons (Fsp3) is 0.350. The van der Waals surface area contributed by atoms with Gasteiger partial charge in [-0.05, 0) is 43.2 Å². The van der Waals surface area contributed by atoms with Crippen molar-refractivity contribution >= 4 is 38.6 Å². The number of aryl methyl sites for hydroxylation is 1. The van der Waals surface area contributed by atoms with Gasteiger partial charge in [0.15, 0.2) is 0 Å². The van der Waals surface area contributed by atoms with Gasteiger partial charge in [-0.3, -0.25) is 9.48 Å². The van der Waals surface area contributed by atoms with Crippen molar-refractivity contribution in [1.29, 1.82) is 0 Å². The second-order valence-corrected chi connectivity index (χ2v) is 7.93. The molecule has 0 bridgehead atoms. The summed E-state index contributed by atoms with van der Waals surface area (Å²) in [5.41, 5.74) is 1.50. The molecule has 0 radical (unpaired) electrons. The van der Waals surface area contributed by atoms with E-state index in [0.29, 0.717) is 5.69 Å². The Morgan fingerprint density at radius 2 is 1.93 bits per heavy atom. The molecule has 6 nitrogen and oxygen atoms in total. The van der Waals surface area contributed by atoms with Crippen LogP contribution >= 0.6 is 15.9 Å². The van der Waals surface area contributed by atoms with Gasteiger partial charge in [0.2, 0.25) is 0 Å². The summed E-state index contributed by atoms with van der Waals surface area (Å²) < 4.78 is 2.70. The quantitative estimate of drug-likeness (QED) is 0.641. The molecule has 2 aromatic heterocycles. The standard InChI is InChI=1S/C20H22BrN5O/c1-24-10-9-17(23-24)20(27)25(2)16-7-11-26(12-8-16)19-6-4-14-3-5-15(21)13-18(14)22-19/h3-6,9-10,13,16H,7-8,11-12H2,1-2H3. The molecular formula is C20H22BrN5O. The molecule has 140 valence electrons. The molecule has 1 fully saturated rings. The lowest BCUT2D eigenvalue weighted by atomic mass is 10.0. The van der Waals surface area contributed by atoms with Crippen molar-refractivity contribution in [3.05, 3.63) is 52.8 Å². The number of rotatable bonds is 3. The molecule has 7 heteroatoms. The molecule has 1 saturated heterocycles. The molecule has 3 aromatic rings. The van der Waals surface area contributed by atoms with E-state index >= 15 is 0 Å². The zero-order valence-electron chi connectivity index (χ0n) is 15.5. The van der Waals surface area contributed by atoms with Crippen LogP contribution in [0.25, 0.3) is 10.9 Å². The van der Waals surface area contributed by atoms with Crippen LogP contribution in [0.5, 0.6) is 0 Å². The minimum Gasteiger partial charge on any atom is -0.356 e. The summed E-state index contributed by atoms with van der Waals surface area (Å²) in [5.74, 6) is 0.987. The molecule has 1 aromatic carbocycles. The highest BCUT2D eigenvalue weighted by molar-refractivity contribution is 9.10. The van der Waals surface area contributed by atoms with E-state index < -0.39 is 0 Å². The van der Waals surface area contributed by atoms with E-state index in [-0.39, 0.29) is 11.9 Å². The van der Waals surface area contributed by atoms with Gasteiger partial charge in [-0.1, -0.05) is 22.0 Å². The number of nitrogens with zero attached hydrogens (tertiary/aromatic N) is 5. The van der Waals surface area contributed by atoms with Crippen LogP contribution < -0.4 is 4.90 Å². The highest BCUT2D eigenvalue weighted by Gasteiger charge is 2.27. The average Bonchev–Trinajstić information content (AvgIpc) is 3.12. The van der Waals surface area contributed by atoms with Gasteiger partial charge in [-0.2, -0.15) is 5.10 Å². The van der Waals surface area contributed by atoms with Crippen LogP contribution in [0.3, 0.4) is 0 Å². The summed E-state index contributed by atoms with van der Waals surface area (Å²) in [6, 6.07) is 12.3. The lowest BCUT2D eigenvalue weighted by Crippen LogP contribution is -2.46. The first-order valence-electron chi connectivity index (χ1n) is 9.09. The van der Waals surface area contributed by atoms with E-state index in [1.54, 1.807) is 16.9 Å². The molecule has 1 amide bonds. The number of benzene rings is 1. The number of fused-ring (bicyclic) bond motifs is 1. The van der Waals surface area contributed by atoms with E-state index in [1.807, 2.05) is 31.1 Å². The number of anilines is 1. The van der Waals surface area contributed by atoms with E-state index in [9.17, 15) is 4.79 Å². The number of aromatic nitrogens is 3. The first-order valence-corrected chi connectivity index (χ1v) is 9.88. The van der Waals surface area contributed by atoms with Crippen LogP contribution in [0.1, 0.15) is 23.3 Å². The lowest BCUT2D eigenvalue weighted by Gasteiger charge is -2.37. The highest BCUT2D eigenvalue weighted by atomic mass is 79.9. The lowest BCUT2D eigenvalue weighted by molar-refractivity contribution is 0.0702. The number of carbonyl (C=O) groups is 1. The molecule has 0 aliphatic carbocycles. The van der Waals surface area contributed by atoms with Crippen LogP contribution in [0.4, 0.5) is 5.82 Å². The molecule has 3 heterocycles. The number of pyridine rings is 1. The van der Waals surface area contributed by atoms with Crippen LogP contribution in [0.15, 0.2) is 47.1 Å².